The molecule has 0 bridgehead atoms. The van der Waals surface area contributed by atoms with Crippen molar-refractivity contribution in [1.29, 1.82) is 0 Å². The number of carbonyl (C=O) groups excluding carboxylic acids is 1. The highest BCUT2D eigenvalue weighted by atomic mass is 35.5. The van der Waals surface area contributed by atoms with Crippen LogP contribution in [0.5, 0.6) is 11.5 Å². The van der Waals surface area contributed by atoms with Crippen LogP contribution in [0.4, 0.5) is 0 Å². The van der Waals surface area contributed by atoms with Gasteiger partial charge in [-0.05, 0) is 24.3 Å². The van der Waals surface area contributed by atoms with Crippen molar-refractivity contribution in [3.05, 3.63) is 64.1 Å². The zero-order chi connectivity index (χ0) is 20.8. The Kier molecular flexibility index (Phi) is 7.09. The number of halogens is 1. The van der Waals surface area contributed by atoms with E-state index in [1.54, 1.807) is 48.8 Å². The number of hydrogen-bond donors (Lipinski definition) is 1. The molecule has 0 aliphatic rings. The van der Waals surface area contributed by atoms with E-state index in [1.165, 1.54) is 11.3 Å². The van der Waals surface area contributed by atoms with Gasteiger partial charge in [0.2, 0.25) is 0 Å². The second-order valence-corrected chi connectivity index (χ2v) is 7.47. The number of amides is 1. The number of aliphatic hydroxyl groups excluding tert-OH is 1. The topological polar surface area (TPSA) is 71.9 Å². The second-order valence-electron chi connectivity index (χ2n) is 6.17. The molecule has 0 unspecified atom stereocenters. The first-order valence-corrected chi connectivity index (χ1v) is 10.1. The van der Waals surface area contributed by atoms with Crippen LogP contribution in [0.1, 0.15) is 16.1 Å². The summed E-state index contributed by atoms with van der Waals surface area (Å²) in [6.07, 6.45) is 0. The third kappa shape index (κ3) is 5.06. The molecule has 6 nitrogen and oxygen atoms in total. The van der Waals surface area contributed by atoms with Crippen LogP contribution in [-0.2, 0) is 6.54 Å². The molecule has 0 spiro atoms. The number of carbonyl (C=O) groups is 1. The molecule has 1 amide bonds. The fourth-order valence-electron chi connectivity index (χ4n) is 2.82. The lowest BCUT2D eigenvalue weighted by Crippen LogP contribution is -2.33. The summed E-state index contributed by atoms with van der Waals surface area (Å²) in [5.74, 6) is 1.02. The quantitative estimate of drug-likeness (QED) is 0.579. The van der Waals surface area contributed by atoms with E-state index < -0.39 is 0 Å². The Balaban J connectivity index is 1.82. The lowest BCUT2D eigenvalue weighted by Gasteiger charge is -2.22. The maximum Gasteiger partial charge on any atom is 0.273 e. The van der Waals surface area contributed by atoms with E-state index in [-0.39, 0.29) is 25.6 Å². The van der Waals surface area contributed by atoms with Crippen LogP contribution in [-0.4, -0.2) is 48.3 Å². The molecule has 0 fully saturated rings. The van der Waals surface area contributed by atoms with Crippen molar-refractivity contribution < 1.29 is 19.4 Å². The average molecular weight is 433 g/mol. The summed E-state index contributed by atoms with van der Waals surface area (Å²) < 4.78 is 10.6. The van der Waals surface area contributed by atoms with Gasteiger partial charge in [0.25, 0.3) is 5.91 Å². The highest BCUT2D eigenvalue weighted by Gasteiger charge is 2.21. The van der Waals surface area contributed by atoms with E-state index >= 15 is 0 Å². The summed E-state index contributed by atoms with van der Waals surface area (Å²) >= 11 is 7.32. The number of hydrogen-bond acceptors (Lipinski definition) is 6. The Bertz CT molecular complexity index is 975. The molecule has 3 aromatic rings. The Morgan fingerprint density at radius 2 is 1.93 bits per heavy atom. The number of methoxy groups -OCH3 is 2. The van der Waals surface area contributed by atoms with Crippen molar-refractivity contribution in [3.8, 4) is 22.1 Å². The number of benzene rings is 2. The summed E-state index contributed by atoms with van der Waals surface area (Å²) in [6.45, 7) is 0.306. The maximum atomic E-state index is 13.0. The Morgan fingerprint density at radius 1 is 1.17 bits per heavy atom. The molecule has 0 aliphatic heterocycles. The van der Waals surface area contributed by atoms with Crippen LogP contribution in [0.25, 0.3) is 10.6 Å². The monoisotopic (exact) mass is 432 g/mol. The molecule has 0 radical (unpaired) electrons. The molecule has 2 aromatic carbocycles. The second kappa shape index (κ2) is 9.73. The highest BCUT2D eigenvalue weighted by molar-refractivity contribution is 7.13. The summed E-state index contributed by atoms with van der Waals surface area (Å²) in [5.41, 5.74) is 2.04. The fourth-order valence-corrected chi connectivity index (χ4v) is 3.75. The normalized spacial score (nSPS) is 10.6. The van der Waals surface area contributed by atoms with Gasteiger partial charge in [-0.1, -0.05) is 23.7 Å². The van der Waals surface area contributed by atoms with E-state index in [4.69, 9.17) is 21.1 Å². The molecule has 0 aliphatic carbocycles. The Hall–Kier alpha value is -2.61. The smallest absolute Gasteiger partial charge is 0.273 e. The van der Waals surface area contributed by atoms with Crippen molar-refractivity contribution in [2.24, 2.45) is 0 Å². The van der Waals surface area contributed by atoms with Gasteiger partial charge < -0.3 is 19.5 Å². The predicted molar refractivity (Wildman–Crippen MR) is 114 cm³/mol. The van der Waals surface area contributed by atoms with Gasteiger partial charge in [0.1, 0.15) is 22.2 Å². The van der Waals surface area contributed by atoms with Crippen LogP contribution < -0.4 is 9.47 Å². The molecular weight excluding hydrogens is 412 g/mol. The third-order valence-electron chi connectivity index (χ3n) is 4.33. The van der Waals surface area contributed by atoms with Gasteiger partial charge in [0, 0.05) is 40.7 Å². The lowest BCUT2D eigenvalue weighted by atomic mass is 10.1. The standard InChI is InChI=1S/C21H21ClN2O4S/c1-27-17-8-5-15(19(11-17)28-2)12-24(9-10-25)21(26)18-13-29-20(23-18)14-3-6-16(22)7-4-14/h3-8,11,13,25H,9-10,12H2,1-2H3. The predicted octanol–water partition coefficient (Wildman–Crippen LogP) is 4.12. The zero-order valence-corrected chi connectivity index (χ0v) is 17.7. The first-order chi connectivity index (χ1) is 14.0. The van der Waals surface area contributed by atoms with Crippen LogP contribution >= 0.6 is 22.9 Å². The Labute approximate surface area is 178 Å². The highest BCUT2D eigenvalue weighted by Crippen LogP contribution is 2.28. The molecule has 8 heteroatoms. The molecule has 0 saturated heterocycles. The van der Waals surface area contributed by atoms with Crippen LogP contribution in [0.3, 0.4) is 0 Å². The zero-order valence-electron chi connectivity index (χ0n) is 16.1. The van der Waals surface area contributed by atoms with Gasteiger partial charge in [-0.15, -0.1) is 11.3 Å². The molecule has 0 saturated carbocycles. The molecule has 152 valence electrons. The van der Waals surface area contributed by atoms with Gasteiger partial charge in [-0.3, -0.25) is 4.79 Å². The summed E-state index contributed by atoms with van der Waals surface area (Å²) in [5, 5.41) is 12.6. The van der Waals surface area contributed by atoms with Crippen molar-refractivity contribution >= 4 is 28.8 Å². The lowest BCUT2D eigenvalue weighted by molar-refractivity contribution is 0.0701. The van der Waals surface area contributed by atoms with Crippen LogP contribution in [0.2, 0.25) is 5.02 Å². The largest absolute Gasteiger partial charge is 0.497 e. The van der Waals surface area contributed by atoms with Gasteiger partial charge >= 0.3 is 0 Å². The van der Waals surface area contributed by atoms with Crippen molar-refractivity contribution in [2.75, 3.05) is 27.4 Å². The Morgan fingerprint density at radius 3 is 2.59 bits per heavy atom. The van der Waals surface area contributed by atoms with Gasteiger partial charge in [-0.25, -0.2) is 4.98 Å². The summed E-state index contributed by atoms with van der Waals surface area (Å²) in [6, 6.07) is 12.7. The number of aliphatic hydroxyl groups is 1. The first-order valence-electron chi connectivity index (χ1n) is 8.88. The minimum Gasteiger partial charge on any atom is -0.497 e. The van der Waals surface area contributed by atoms with Crippen molar-refractivity contribution in [2.45, 2.75) is 6.54 Å². The van der Waals surface area contributed by atoms with Crippen LogP contribution in [0, 0.1) is 0 Å². The van der Waals surface area contributed by atoms with Gasteiger partial charge in [0.15, 0.2) is 0 Å². The molecule has 3 rings (SSSR count). The van der Waals surface area contributed by atoms with Crippen molar-refractivity contribution in [1.82, 2.24) is 9.88 Å². The minimum atomic E-state index is -0.256. The van der Waals surface area contributed by atoms with Gasteiger partial charge in [-0.2, -0.15) is 0 Å². The van der Waals surface area contributed by atoms with E-state index in [1.807, 2.05) is 18.2 Å². The number of aromatic nitrogens is 1. The summed E-state index contributed by atoms with van der Waals surface area (Å²) in [4.78, 5) is 19.1. The average Bonchev–Trinajstić information content (AvgIpc) is 3.23. The number of thiazole rings is 1. The van der Waals surface area contributed by atoms with E-state index in [0.717, 1.165) is 16.1 Å². The van der Waals surface area contributed by atoms with Crippen LogP contribution in [0.15, 0.2) is 47.8 Å². The minimum absolute atomic E-state index is 0.154. The maximum absolute atomic E-state index is 13.0. The number of nitrogens with zero attached hydrogens (tertiary/aromatic N) is 2. The van der Waals surface area contributed by atoms with Crippen molar-refractivity contribution in [3.63, 3.8) is 0 Å². The fraction of sp³-hybridized carbons (Fsp3) is 0.238. The molecule has 1 heterocycles. The SMILES string of the molecule is COc1ccc(CN(CCO)C(=O)c2csc(-c3ccc(Cl)cc3)n2)c(OC)c1. The number of ether oxygens (including phenoxy) is 2. The first kappa shape index (κ1) is 21.1. The third-order valence-corrected chi connectivity index (χ3v) is 5.47. The molecule has 29 heavy (non-hydrogen) atoms. The molecule has 1 N–H and O–H groups in total. The number of rotatable bonds is 8. The van der Waals surface area contributed by atoms with E-state index in [9.17, 15) is 9.90 Å². The summed E-state index contributed by atoms with van der Waals surface area (Å²) in [7, 11) is 3.14. The molecule has 0 atom stereocenters. The van der Waals surface area contributed by atoms with E-state index in [2.05, 4.69) is 4.98 Å². The van der Waals surface area contributed by atoms with Gasteiger partial charge in [0.05, 0.1) is 20.8 Å². The molecule has 1 aromatic heterocycles. The van der Waals surface area contributed by atoms with E-state index in [0.29, 0.717) is 22.2 Å². The molecular formula is C21H21ClN2O4S.